The van der Waals surface area contributed by atoms with E-state index in [0.29, 0.717) is 11.7 Å². The lowest BCUT2D eigenvalue weighted by Gasteiger charge is -2.23. The van der Waals surface area contributed by atoms with Crippen molar-refractivity contribution in [2.45, 2.75) is 52.1 Å². The first kappa shape index (κ1) is 15.8. The molecule has 0 radical (unpaired) electrons. The second-order valence-corrected chi connectivity index (χ2v) is 5.71. The third-order valence-electron chi connectivity index (χ3n) is 4.18. The van der Waals surface area contributed by atoms with Crippen molar-refractivity contribution in [1.29, 1.82) is 0 Å². The van der Waals surface area contributed by atoms with E-state index in [2.05, 4.69) is 24.1 Å². The molecule has 1 aliphatic rings. The van der Waals surface area contributed by atoms with Crippen molar-refractivity contribution >= 4 is 11.4 Å². The average molecular weight is 291 g/mol. The molecule has 0 aromatic heterocycles. The summed E-state index contributed by atoms with van der Waals surface area (Å²) in [7, 11) is 0. The van der Waals surface area contributed by atoms with E-state index < -0.39 is 0 Å². The van der Waals surface area contributed by atoms with Crippen LogP contribution >= 0.6 is 0 Å². The maximum absolute atomic E-state index is 11.1. The Morgan fingerprint density at radius 3 is 2.90 bits per heavy atom. The van der Waals surface area contributed by atoms with Gasteiger partial charge in [-0.15, -0.1) is 0 Å². The van der Waals surface area contributed by atoms with Crippen molar-refractivity contribution in [1.82, 2.24) is 4.90 Å². The van der Waals surface area contributed by atoms with Crippen LogP contribution in [0.5, 0.6) is 0 Å². The predicted molar refractivity (Wildman–Crippen MR) is 85.6 cm³/mol. The SMILES string of the molecule is CCCNc1cc(CN2CCCC2CC)ccc1[N+](=O)[O-]. The van der Waals surface area contributed by atoms with Crippen LogP contribution in [0.25, 0.3) is 0 Å². The first-order valence-corrected chi connectivity index (χ1v) is 7.91. The number of benzene rings is 1. The zero-order valence-electron chi connectivity index (χ0n) is 13.0. The lowest BCUT2D eigenvalue weighted by atomic mass is 10.1. The molecule has 1 heterocycles. The normalized spacial score (nSPS) is 18.9. The summed E-state index contributed by atoms with van der Waals surface area (Å²) < 4.78 is 0. The minimum Gasteiger partial charge on any atom is -0.379 e. The Bertz CT molecular complexity index is 490. The second kappa shape index (κ2) is 7.41. The minimum absolute atomic E-state index is 0.167. The average Bonchev–Trinajstić information content (AvgIpc) is 2.92. The Morgan fingerprint density at radius 2 is 2.24 bits per heavy atom. The molecule has 5 nitrogen and oxygen atoms in total. The molecule has 116 valence electrons. The molecule has 5 heteroatoms. The Morgan fingerprint density at radius 1 is 1.43 bits per heavy atom. The number of hydrogen-bond acceptors (Lipinski definition) is 4. The number of nitro groups is 1. The van der Waals surface area contributed by atoms with Crippen LogP contribution in [0.1, 0.15) is 45.1 Å². The maximum Gasteiger partial charge on any atom is 0.292 e. The van der Waals surface area contributed by atoms with Crippen LogP contribution in [0.3, 0.4) is 0 Å². The van der Waals surface area contributed by atoms with Gasteiger partial charge < -0.3 is 5.32 Å². The molecule has 1 atom stereocenters. The zero-order valence-corrected chi connectivity index (χ0v) is 13.0. The molecular weight excluding hydrogens is 266 g/mol. The lowest BCUT2D eigenvalue weighted by Crippen LogP contribution is -2.28. The van der Waals surface area contributed by atoms with Gasteiger partial charge in [-0.05, 0) is 43.9 Å². The summed E-state index contributed by atoms with van der Waals surface area (Å²) in [6, 6.07) is 6.12. The van der Waals surface area contributed by atoms with Crippen LogP contribution in [0.15, 0.2) is 18.2 Å². The van der Waals surface area contributed by atoms with Crippen molar-refractivity contribution in [3.8, 4) is 0 Å². The monoisotopic (exact) mass is 291 g/mol. The van der Waals surface area contributed by atoms with Gasteiger partial charge in [-0.1, -0.05) is 19.9 Å². The summed E-state index contributed by atoms with van der Waals surface area (Å²) in [5.41, 5.74) is 1.96. The van der Waals surface area contributed by atoms with E-state index >= 15 is 0 Å². The second-order valence-electron chi connectivity index (χ2n) is 5.71. The van der Waals surface area contributed by atoms with Gasteiger partial charge in [-0.25, -0.2) is 0 Å². The maximum atomic E-state index is 11.1. The molecule has 1 aliphatic heterocycles. The largest absolute Gasteiger partial charge is 0.379 e. The standard InChI is InChI=1S/C16H25N3O2/c1-3-9-17-15-11-13(7-8-16(15)19(20)21)12-18-10-5-6-14(18)4-2/h7-8,11,14,17H,3-6,9-10,12H2,1-2H3. The van der Waals surface area contributed by atoms with Gasteiger partial charge in [-0.3, -0.25) is 15.0 Å². The number of nitrogens with zero attached hydrogens (tertiary/aromatic N) is 2. The van der Waals surface area contributed by atoms with Crippen LogP contribution in [-0.2, 0) is 6.54 Å². The van der Waals surface area contributed by atoms with E-state index in [4.69, 9.17) is 0 Å². The molecule has 0 bridgehead atoms. The van der Waals surface area contributed by atoms with Crippen molar-refractivity contribution < 1.29 is 4.92 Å². The molecule has 0 amide bonds. The Balaban J connectivity index is 2.14. The third kappa shape index (κ3) is 3.94. The van der Waals surface area contributed by atoms with E-state index in [1.807, 2.05) is 12.1 Å². The van der Waals surface area contributed by atoms with Crippen molar-refractivity contribution in [2.75, 3.05) is 18.4 Å². The Kier molecular flexibility index (Phi) is 5.56. The number of likely N-dealkylation sites (tertiary alicyclic amines) is 1. The number of nitrogens with one attached hydrogen (secondary N) is 1. The molecule has 1 unspecified atom stereocenters. The Hall–Kier alpha value is -1.62. The van der Waals surface area contributed by atoms with Gasteiger partial charge >= 0.3 is 0 Å². The van der Waals surface area contributed by atoms with E-state index in [1.54, 1.807) is 6.07 Å². The molecule has 0 saturated carbocycles. The minimum atomic E-state index is -0.313. The summed E-state index contributed by atoms with van der Waals surface area (Å²) in [5.74, 6) is 0. The van der Waals surface area contributed by atoms with Gasteiger partial charge in [0.25, 0.3) is 5.69 Å². The van der Waals surface area contributed by atoms with Gasteiger partial charge in [0.1, 0.15) is 5.69 Å². The van der Waals surface area contributed by atoms with Gasteiger partial charge in [0.15, 0.2) is 0 Å². The fourth-order valence-corrected chi connectivity index (χ4v) is 3.04. The molecule has 0 spiro atoms. The molecule has 2 rings (SSSR count). The molecular formula is C16H25N3O2. The fourth-order valence-electron chi connectivity index (χ4n) is 3.04. The fraction of sp³-hybridized carbons (Fsp3) is 0.625. The van der Waals surface area contributed by atoms with Crippen LogP contribution in [0, 0.1) is 10.1 Å². The van der Waals surface area contributed by atoms with Crippen LogP contribution in [0.2, 0.25) is 0 Å². The lowest BCUT2D eigenvalue weighted by molar-refractivity contribution is -0.384. The first-order chi connectivity index (χ1) is 10.2. The van der Waals surface area contributed by atoms with E-state index in [-0.39, 0.29) is 10.6 Å². The number of nitro benzene ring substituents is 1. The summed E-state index contributed by atoms with van der Waals surface area (Å²) >= 11 is 0. The summed E-state index contributed by atoms with van der Waals surface area (Å²) in [4.78, 5) is 13.3. The summed E-state index contributed by atoms with van der Waals surface area (Å²) in [5, 5.41) is 14.3. The number of anilines is 1. The van der Waals surface area contributed by atoms with Crippen molar-refractivity contribution in [3.05, 3.63) is 33.9 Å². The molecule has 1 N–H and O–H groups in total. The van der Waals surface area contributed by atoms with Gasteiger partial charge in [0.05, 0.1) is 4.92 Å². The highest BCUT2D eigenvalue weighted by atomic mass is 16.6. The van der Waals surface area contributed by atoms with E-state index in [9.17, 15) is 10.1 Å². The highest BCUT2D eigenvalue weighted by molar-refractivity contribution is 5.62. The van der Waals surface area contributed by atoms with Crippen LogP contribution in [-0.4, -0.2) is 29.0 Å². The highest BCUT2D eigenvalue weighted by Gasteiger charge is 2.23. The van der Waals surface area contributed by atoms with E-state index in [1.165, 1.54) is 19.3 Å². The van der Waals surface area contributed by atoms with Crippen LogP contribution < -0.4 is 5.32 Å². The molecule has 1 aromatic carbocycles. The highest BCUT2D eigenvalue weighted by Crippen LogP contribution is 2.28. The number of hydrogen-bond donors (Lipinski definition) is 1. The van der Waals surface area contributed by atoms with E-state index in [0.717, 1.165) is 31.6 Å². The smallest absolute Gasteiger partial charge is 0.292 e. The quantitative estimate of drug-likeness (QED) is 0.613. The molecule has 1 saturated heterocycles. The molecule has 1 aromatic rings. The zero-order chi connectivity index (χ0) is 15.2. The molecule has 21 heavy (non-hydrogen) atoms. The summed E-state index contributed by atoms with van der Waals surface area (Å²) in [6.07, 6.45) is 4.65. The molecule has 0 aliphatic carbocycles. The first-order valence-electron chi connectivity index (χ1n) is 7.91. The van der Waals surface area contributed by atoms with Crippen molar-refractivity contribution in [3.63, 3.8) is 0 Å². The predicted octanol–water partition coefficient (Wildman–Crippen LogP) is 3.79. The van der Waals surface area contributed by atoms with Gasteiger partial charge in [0, 0.05) is 25.2 Å². The van der Waals surface area contributed by atoms with Gasteiger partial charge in [0.2, 0.25) is 0 Å². The third-order valence-corrected chi connectivity index (χ3v) is 4.18. The van der Waals surface area contributed by atoms with Crippen LogP contribution in [0.4, 0.5) is 11.4 Å². The number of rotatable bonds is 7. The van der Waals surface area contributed by atoms with Crippen molar-refractivity contribution in [2.24, 2.45) is 0 Å². The Labute approximate surface area is 126 Å². The summed E-state index contributed by atoms with van der Waals surface area (Å²) in [6.45, 7) is 7.06. The van der Waals surface area contributed by atoms with Gasteiger partial charge in [-0.2, -0.15) is 0 Å². The molecule has 1 fully saturated rings. The topological polar surface area (TPSA) is 58.4 Å².